The van der Waals surface area contributed by atoms with Crippen molar-refractivity contribution in [1.82, 2.24) is 10.6 Å². The van der Waals surface area contributed by atoms with E-state index >= 15 is 0 Å². The Morgan fingerprint density at radius 3 is 2.67 bits per heavy atom. The van der Waals surface area contributed by atoms with Gasteiger partial charge in [0.25, 0.3) is 0 Å². The highest BCUT2D eigenvalue weighted by Gasteiger charge is 2.19. The Morgan fingerprint density at radius 1 is 1.22 bits per heavy atom. The van der Waals surface area contributed by atoms with Gasteiger partial charge in [-0.25, -0.2) is 0 Å². The number of carbonyl (C=O) groups is 1. The molecule has 2 N–H and O–H groups in total. The highest BCUT2D eigenvalue weighted by molar-refractivity contribution is 7.80. The molecule has 1 unspecified atom stereocenters. The number of nitrogens with one attached hydrogen (secondary N) is 2. The zero-order valence-corrected chi connectivity index (χ0v) is 11.6. The molecule has 18 heavy (non-hydrogen) atoms. The van der Waals surface area contributed by atoms with Crippen LogP contribution in [0.5, 0.6) is 0 Å². The lowest BCUT2D eigenvalue weighted by atomic mass is 10.0. The van der Waals surface area contributed by atoms with Gasteiger partial charge in [0, 0.05) is 19.6 Å². The van der Waals surface area contributed by atoms with Crippen LogP contribution < -0.4 is 10.6 Å². The van der Waals surface area contributed by atoms with Gasteiger partial charge >= 0.3 is 0 Å². The van der Waals surface area contributed by atoms with Crippen molar-refractivity contribution >= 4 is 23.2 Å². The average molecular weight is 270 g/mol. The number of ether oxygens (including phenoxy) is 1. The molecule has 2 aliphatic rings. The summed E-state index contributed by atoms with van der Waals surface area (Å²) in [7, 11) is 0. The monoisotopic (exact) mass is 270 g/mol. The van der Waals surface area contributed by atoms with E-state index in [1.807, 2.05) is 0 Å². The summed E-state index contributed by atoms with van der Waals surface area (Å²) in [5, 5.41) is 6.25. The van der Waals surface area contributed by atoms with Gasteiger partial charge in [-0.15, -0.1) is 0 Å². The van der Waals surface area contributed by atoms with Crippen LogP contribution in [0.2, 0.25) is 0 Å². The molecule has 0 aromatic carbocycles. The molecule has 1 atom stereocenters. The van der Waals surface area contributed by atoms with Crippen molar-refractivity contribution in [2.45, 2.75) is 51.0 Å². The molecular weight excluding hydrogens is 248 g/mol. The number of hydrogen-bond donors (Lipinski definition) is 2. The van der Waals surface area contributed by atoms with Gasteiger partial charge in [0.05, 0.1) is 6.10 Å². The third-order valence-corrected chi connectivity index (χ3v) is 3.96. The Labute approximate surface area is 114 Å². The lowest BCUT2D eigenvalue weighted by Gasteiger charge is -2.14. The molecule has 5 heteroatoms. The van der Waals surface area contributed by atoms with Crippen molar-refractivity contribution in [2.75, 3.05) is 13.2 Å². The minimum absolute atomic E-state index is 0.0479. The normalized spacial score (nSPS) is 24.1. The Bertz CT molecular complexity index is 297. The van der Waals surface area contributed by atoms with Gasteiger partial charge in [-0.2, -0.15) is 0 Å². The van der Waals surface area contributed by atoms with Crippen molar-refractivity contribution in [3.63, 3.8) is 0 Å². The molecule has 1 amide bonds. The Hall–Kier alpha value is -0.680. The fraction of sp³-hybridized carbons (Fsp3) is 0.846. The Morgan fingerprint density at radius 2 is 2.00 bits per heavy atom. The summed E-state index contributed by atoms with van der Waals surface area (Å²) >= 11 is 5.11. The van der Waals surface area contributed by atoms with E-state index in [4.69, 9.17) is 17.0 Å². The first-order chi connectivity index (χ1) is 8.74. The van der Waals surface area contributed by atoms with Crippen LogP contribution in [0.1, 0.15) is 44.9 Å². The van der Waals surface area contributed by atoms with Crippen molar-refractivity contribution in [3.05, 3.63) is 0 Å². The molecule has 2 fully saturated rings. The van der Waals surface area contributed by atoms with E-state index < -0.39 is 0 Å². The zero-order chi connectivity index (χ0) is 12.8. The molecular formula is C13H22N2O2S. The standard InChI is InChI=1S/C13H22N2O2S/c16-12(8-10-4-1-2-5-10)15-13(18)14-9-11-6-3-7-17-11/h10-11H,1-9H2,(H2,14,15,16,18). The first-order valence-corrected chi connectivity index (χ1v) is 7.34. The SMILES string of the molecule is O=C(CC1CCCC1)NC(=S)NCC1CCCO1. The van der Waals surface area contributed by atoms with Gasteiger partial charge < -0.3 is 15.4 Å². The molecule has 2 rings (SSSR count). The van der Waals surface area contributed by atoms with Crippen LogP contribution in [-0.4, -0.2) is 30.3 Å². The molecule has 4 nitrogen and oxygen atoms in total. The third-order valence-electron chi connectivity index (χ3n) is 3.72. The summed E-state index contributed by atoms with van der Waals surface area (Å²) in [6, 6.07) is 0. The minimum Gasteiger partial charge on any atom is -0.376 e. The topological polar surface area (TPSA) is 50.4 Å². The molecule has 102 valence electrons. The number of rotatable bonds is 4. The molecule has 0 aromatic heterocycles. The maximum absolute atomic E-state index is 11.7. The van der Waals surface area contributed by atoms with Crippen LogP contribution in [0.25, 0.3) is 0 Å². The van der Waals surface area contributed by atoms with Crippen LogP contribution in [0, 0.1) is 5.92 Å². The molecule has 1 saturated heterocycles. The van der Waals surface area contributed by atoms with Crippen molar-refractivity contribution in [3.8, 4) is 0 Å². The van der Waals surface area contributed by atoms with E-state index in [1.165, 1.54) is 25.7 Å². The second-order valence-corrected chi connectivity index (χ2v) is 5.66. The van der Waals surface area contributed by atoms with Crippen LogP contribution in [0.15, 0.2) is 0 Å². The van der Waals surface area contributed by atoms with E-state index in [9.17, 15) is 4.79 Å². The summed E-state index contributed by atoms with van der Waals surface area (Å²) in [4.78, 5) is 11.7. The molecule has 0 spiro atoms. The van der Waals surface area contributed by atoms with Crippen molar-refractivity contribution in [1.29, 1.82) is 0 Å². The van der Waals surface area contributed by atoms with Crippen LogP contribution in [0.3, 0.4) is 0 Å². The second-order valence-electron chi connectivity index (χ2n) is 5.25. The minimum atomic E-state index is 0.0479. The Balaban J connectivity index is 1.58. The number of thiocarbonyl (C=S) groups is 1. The summed E-state index contributed by atoms with van der Waals surface area (Å²) < 4.78 is 5.48. The number of hydrogen-bond acceptors (Lipinski definition) is 3. The van der Waals surface area contributed by atoms with E-state index in [0.717, 1.165) is 19.4 Å². The molecule has 1 heterocycles. The average Bonchev–Trinajstić information content (AvgIpc) is 2.98. The molecule has 1 aliphatic heterocycles. The van der Waals surface area contributed by atoms with Gasteiger partial charge in [-0.3, -0.25) is 4.79 Å². The van der Waals surface area contributed by atoms with Crippen molar-refractivity contribution in [2.24, 2.45) is 5.92 Å². The highest BCUT2D eigenvalue weighted by atomic mass is 32.1. The van der Waals surface area contributed by atoms with Gasteiger partial charge in [0.2, 0.25) is 5.91 Å². The lowest BCUT2D eigenvalue weighted by molar-refractivity contribution is -0.120. The summed E-state index contributed by atoms with van der Waals surface area (Å²) in [5.41, 5.74) is 0. The van der Waals surface area contributed by atoms with Crippen LogP contribution in [-0.2, 0) is 9.53 Å². The highest BCUT2D eigenvalue weighted by Crippen LogP contribution is 2.27. The van der Waals surface area contributed by atoms with E-state index in [1.54, 1.807) is 0 Å². The first kappa shape index (κ1) is 13.7. The number of carbonyl (C=O) groups excluding carboxylic acids is 1. The Kier molecular flexibility index (Phi) is 5.38. The summed E-state index contributed by atoms with van der Waals surface area (Å²) in [6.07, 6.45) is 7.95. The number of amides is 1. The summed E-state index contributed by atoms with van der Waals surface area (Å²) in [5.74, 6) is 0.609. The van der Waals surface area contributed by atoms with Crippen LogP contribution >= 0.6 is 12.2 Å². The van der Waals surface area contributed by atoms with Gasteiger partial charge in [0.15, 0.2) is 5.11 Å². The van der Waals surface area contributed by atoms with E-state index in [2.05, 4.69) is 10.6 Å². The maximum Gasteiger partial charge on any atom is 0.226 e. The molecule has 0 bridgehead atoms. The predicted octanol–water partition coefficient (Wildman–Crippen LogP) is 1.74. The van der Waals surface area contributed by atoms with E-state index in [-0.39, 0.29) is 12.0 Å². The molecule has 1 saturated carbocycles. The summed E-state index contributed by atoms with van der Waals surface area (Å²) in [6.45, 7) is 1.54. The van der Waals surface area contributed by atoms with Crippen molar-refractivity contribution < 1.29 is 9.53 Å². The fourth-order valence-electron chi connectivity index (χ4n) is 2.71. The zero-order valence-electron chi connectivity index (χ0n) is 10.7. The van der Waals surface area contributed by atoms with Gasteiger partial charge in [-0.05, 0) is 43.8 Å². The first-order valence-electron chi connectivity index (χ1n) is 6.93. The largest absolute Gasteiger partial charge is 0.376 e. The van der Waals surface area contributed by atoms with Crippen LogP contribution in [0.4, 0.5) is 0 Å². The molecule has 1 aliphatic carbocycles. The molecule has 0 radical (unpaired) electrons. The van der Waals surface area contributed by atoms with Gasteiger partial charge in [-0.1, -0.05) is 12.8 Å². The quantitative estimate of drug-likeness (QED) is 0.764. The third kappa shape index (κ3) is 4.53. The van der Waals surface area contributed by atoms with Gasteiger partial charge in [0.1, 0.15) is 0 Å². The molecule has 0 aromatic rings. The predicted molar refractivity (Wildman–Crippen MR) is 74.3 cm³/mol. The van der Waals surface area contributed by atoms with E-state index in [0.29, 0.717) is 24.0 Å². The fourth-order valence-corrected chi connectivity index (χ4v) is 2.91. The lowest BCUT2D eigenvalue weighted by Crippen LogP contribution is -2.42. The smallest absolute Gasteiger partial charge is 0.226 e. The maximum atomic E-state index is 11.7. The second kappa shape index (κ2) is 7.04.